The van der Waals surface area contributed by atoms with Gasteiger partial charge < -0.3 is 34.1 Å². The van der Waals surface area contributed by atoms with E-state index in [1.165, 1.54) is 27.3 Å². The predicted octanol–water partition coefficient (Wildman–Crippen LogP) is 6.39. The maximum Gasteiger partial charge on any atom is 0.324 e. The number of rotatable bonds is 10. The fourth-order valence-corrected chi connectivity index (χ4v) is 10.7. The molecule has 0 saturated carbocycles. The molecule has 6 bridgehead atoms. The second-order valence-corrected chi connectivity index (χ2v) is 20.2. The average Bonchev–Trinajstić information content (AvgIpc) is 3.92. The maximum atomic E-state index is 14.7. The second kappa shape index (κ2) is 20.7. The quantitative estimate of drug-likeness (QED) is 0.134. The molecule has 2 saturated heterocycles. The number of urea groups is 1. The van der Waals surface area contributed by atoms with Crippen LogP contribution in [0.1, 0.15) is 89.6 Å². The molecule has 3 aromatic heterocycles. The van der Waals surface area contributed by atoms with Crippen molar-refractivity contribution < 1.29 is 33.4 Å². The number of methoxy groups -OCH3 is 1. The highest BCUT2D eigenvalue weighted by Crippen LogP contribution is 2.42. The minimum atomic E-state index is -1.08. The lowest BCUT2D eigenvalue weighted by Crippen LogP contribution is -2.62. The van der Waals surface area contributed by atoms with Crippen LogP contribution >= 0.6 is 11.3 Å². The highest BCUT2D eigenvalue weighted by Gasteiger charge is 2.39. The topological polar surface area (TPSA) is 172 Å². The first-order valence-electron chi connectivity index (χ1n) is 23.5. The van der Waals surface area contributed by atoms with Gasteiger partial charge in [0.1, 0.15) is 18.1 Å². The molecule has 5 amide bonds. The van der Waals surface area contributed by atoms with Crippen LogP contribution in [0.15, 0.2) is 54.6 Å². The number of nitrogens with zero attached hydrogens (tertiary/aromatic N) is 7. The molecule has 3 aliphatic heterocycles. The zero-order valence-electron chi connectivity index (χ0n) is 40.5. The molecule has 16 nitrogen and oxygen atoms in total. The summed E-state index contributed by atoms with van der Waals surface area (Å²) in [4.78, 5) is 84.0. The zero-order valence-corrected chi connectivity index (χ0v) is 41.3. The van der Waals surface area contributed by atoms with Crippen molar-refractivity contribution in [2.45, 2.75) is 117 Å². The number of cyclic esters (lactones) is 1. The predicted molar refractivity (Wildman–Crippen MR) is 259 cm³/mol. The summed E-state index contributed by atoms with van der Waals surface area (Å²) in [6.07, 6.45) is 5.67. The van der Waals surface area contributed by atoms with Crippen LogP contribution in [0, 0.1) is 11.3 Å². The Morgan fingerprint density at radius 3 is 2.54 bits per heavy atom. The second-order valence-electron chi connectivity index (χ2n) is 19.2. The van der Waals surface area contributed by atoms with E-state index in [1.54, 1.807) is 37.2 Å². The van der Waals surface area contributed by atoms with E-state index in [0.29, 0.717) is 63.3 Å². The first-order chi connectivity index (χ1) is 32.0. The smallest absolute Gasteiger partial charge is 0.324 e. The summed E-state index contributed by atoms with van der Waals surface area (Å²) in [6.45, 7) is 17.6. The fourth-order valence-electron chi connectivity index (χ4n) is 9.86. The van der Waals surface area contributed by atoms with E-state index >= 15 is 0 Å². The van der Waals surface area contributed by atoms with Gasteiger partial charge in [-0.3, -0.25) is 29.2 Å². The molecule has 67 heavy (non-hydrogen) atoms. The number of likely N-dealkylation sites (tertiary alicyclic amines) is 1. The number of carbonyl (C=O) groups excluding carboxylic acids is 5. The number of amides is 5. The summed E-state index contributed by atoms with van der Waals surface area (Å²) in [6, 6.07) is 7.30. The van der Waals surface area contributed by atoms with Gasteiger partial charge in [-0.05, 0) is 87.8 Å². The first-order valence-corrected chi connectivity index (χ1v) is 24.4. The van der Waals surface area contributed by atoms with Crippen LogP contribution in [0.2, 0.25) is 0 Å². The molecule has 360 valence electrons. The minimum Gasteiger partial charge on any atom is -0.464 e. The third-order valence-electron chi connectivity index (χ3n) is 13.6. The summed E-state index contributed by atoms with van der Waals surface area (Å²) in [5.74, 6) is -1.83. The van der Waals surface area contributed by atoms with Crippen molar-refractivity contribution in [2.24, 2.45) is 11.3 Å². The average molecular weight is 938 g/mol. The zero-order chi connectivity index (χ0) is 48.3. The number of carbonyl (C=O) groups is 5. The third kappa shape index (κ3) is 10.4. The molecule has 1 aromatic carbocycles. The van der Waals surface area contributed by atoms with Gasteiger partial charge >= 0.3 is 12.0 Å². The largest absolute Gasteiger partial charge is 0.464 e. The number of hydrogen-bond acceptors (Lipinski definition) is 11. The Balaban J connectivity index is 1.23. The summed E-state index contributed by atoms with van der Waals surface area (Å²) in [5.41, 5.74) is 9.27. The lowest BCUT2D eigenvalue weighted by atomic mass is 9.84. The van der Waals surface area contributed by atoms with Crippen LogP contribution in [0.4, 0.5) is 4.79 Å². The molecule has 7 rings (SSSR count). The van der Waals surface area contributed by atoms with Crippen LogP contribution in [-0.4, -0.2) is 136 Å². The molecule has 0 spiro atoms. The van der Waals surface area contributed by atoms with Crippen molar-refractivity contribution in [3.63, 3.8) is 0 Å². The molecule has 0 aliphatic carbocycles. The third-order valence-corrected chi connectivity index (χ3v) is 14.5. The van der Waals surface area contributed by atoms with Crippen molar-refractivity contribution in [1.29, 1.82) is 0 Å². The van der Waals surface area contributed by atoms with Crippen molar-refractivity contribution in [1.82, 2.24) is 45.0 Å². The number of piperidine rings is 1. The summed E-state index contributed by atoms with van der Waals surface area (Å²) in [7, 11) is 5.04. The van der Waals surface area contributed by atoms with Crippen LogP contribution in [0.25, 0.3) is 33.4 Å². The van der Waals surface area contributed by atoms with Gasteiger partial charge in [0.25, 0.3) is 5.91 Å². The summed E-state index contributed by atoms with van der Waals surface area (Å²) < 4.78 is 14.2. The van der Waals surface area contributed by atoms with E-state index in [4.69, 9.17) is 19.4 Å². The van der Waals surface area contributed by atoms with Gasteiger partial charge in [-0.15, -0.1) is 11.3 Å². The first kappa shape index (κ1) is 49.3. The van der Waals surface area contributed by atoms with E-state index in [9.17, 15) is 24.0 Å². The van der Waals surface area contributed by atoms with E-state index in [2.05, 4.69) is 66.9 Å². The highest BCUT2D eigenvalue weighted by molar-refractivity contribution is 7.10. The molecule has 4 atom stereocenters. The van der Waals surface area contributed by atoms with Crippen molar-refractivity contribution in [3.05, 3.63) is 70.8 Å². The molecule has 6 heterocycles. The van der Waals surface area contributed by atoms with Crippen molar-refractivity contribution in [3.8, 4) is 22.5 Å². The number of hydrogen-bond donors (Lipinski definition) is 2. The Kier molecular flexibility index (Phi) is 15.2. The highest BCUT2D eigenvalue weighted by atomic mass is 32.1. The van der Waals surface area contributed by atoms with Gasteiger partial charge in [0, 0.05) is 98.9 Å². The lowest BCUT2D eigenvalue weighted by Gasteiger charge is -2.40. The Bertz CT molecular complexity index is 2490. The number of esters is 1. The number of thiazole rings is 1. The Morgan fingerprint density at radius 1 is 1.10 bits per heavy atom. The number of hydrazine groups is 1. The van der Waals surface area contributed by atoms with Gasteiger partial charge in [-0.1, -0.05) is 40.3 Å². The normalized spacial score (nSPS) is 20.2. The van der Waals surface area contributed by atoms with Gasteiger partial charge in [0.15, 0.2) is 0 Å². The van der Waals surface area contributed by atoms with Gasteiger partial charge in [-0.25, -0.2) is 15.2 Å². The minimum absolute atomic E-state index is 0.0249. The van der Waals surface area contributed by atoms with E-state index in [-0.39, 0.29) is 43.0 Å². The fraction of sp³-hybridized carbons (Fsp3) is 0.540. The van der Waals surface area contributed by atoms with Gasteiger partial charge in [-0.2, -0.15) is 0 Å². The SMILES string of the molecule is C=CC(=O)N(C)C1CCN(C(=O)N(C)C(C(=O)N[C@H]2Cc3nc(cs3)-c3ccc4c(c3)c(c(-c3cccnc3[C@H](C)OC)n4CC)CC(C)(C)COC(=O)[C@@H]3CCCN(N3)C2=O)C(C)C)CC1. The van der Waals surface area contributed by atoms with E-state index in [1.807, 2.05) is 32.2 Å². The maximum absolute atomic E-state index is 14.7. The Morgan fingerprint density at radius 2 is 1.85 bits per heavy atom. The van der Waals surface area contributed by atoms with Crippen molar-refractivity contribution in [2.75, 3.05) is 47.4 Å². The molecular weight excluding hydrogens is 871 g/mol. The van der Waals surface area contributed by atoms with Crippen molar-refractivity contribution >= 4 is 52.0 Å². The van der Waals surface area contributed by atoms with Gasteiger partial charge in [0.05, 0.1) is 34.8 Å². The standard InChI is InChI=1S/C50H67N9O7S/c1-11-42(60)55(8)33-19-23-57(24-20-33)49(64)56(9)44(30(3)4)46(61)53-38-26-41-52-39(28-67-41)32-17-18-40-35(25-32)36(45(58(40)12-2)34-15-13-21-51-43(34)31(5)65-10)27-50(6,7)29-66-48(63)37-16-14-22-59(54-37)47(38)62/h11,13,15,17-18,21,25,28,30-31,33,37-38,44,54H,1,12,14,16,19-20,22-24,26-27,29H2,2-10H3,(H,53,61)/t31-,37-,38-,44?/m0/s1. The van der Waals surface area contributed by atoms with E-state index < -0.39 is 41.3 Å². The molecule has 2 N–H and O–H groups in total. The molecule has 3 aliphatic rings. The molecule has 1 unspecified atom stereocenters. The molecule has 0 radical (unpaired) electrons. The number of fused-ring (bicyclic) bond motifs is 6. The number of ether oxygens (including phenoxy) is 2. The monoisotopic (exact) mass is 937 g/mol. The van der Waals surface area contributed by atoms with Crippen LogP contribution in [0.3, 0.4) is 0 Å². The number of aryl methyl sites for hydroxylation is 1. The van der Waals surface area contributed by atoms with E-state index in [0.717, 1.165) is 44.7 Å². The van der Waals surface area contributed by atoms with Crippen LogP contribution in [-0.2, 0) is 48.0 Å². The van der Waals surface area contributed by atoms with Crippen LogP contribution in [0.5, 0.6) is 0 Å². The van der Waals surface area contributed by atoms with Gasteiger partial charge in [0.2, 0.25) is 11.8 Å². The number of pyridine rings is 1. The number of benzene rings is 1. The molecule has 4 aromatic rings. The molecule has 2 fully saturated rings. The summed E-state index contributed by atoms with van der Waals surface area (Å²) in [5, 5.41) is 8.13. The Hall–Kier alpha value is -5.65. The number of likely N-dealkylation sites (N-methyl/N-ethyl adjacent to an activating group) is 2. The number of aromatic nitrogens is 3. The lowest BCUT2D eigenvalue weighted by molar-refractivity contribution is -0.155. The summed E-state index contributed by atoms with van der Waals surface area (Å²) >= 11 is 1.41. The van der Waals surface area contributed by atoms with Crippen LogP contribution < -0.4 is 10.7 Å². The molecular formula is C50H67N9O7S. The Labute approximate surface area is 398 Å². The number of nitrogens with one attached hydrogen (secondary N) is 2. The molecule has 17 heteroatoms.